The second kappa shape index (κ2) is 7.28. The lowest BCUT2D eigenvalue weighted by atomic mass is 10.0. The van der Waals surface area contributed by atoms with Gasteiger partial charge in [0.15, 0.2) is 0 Å². The molecule has 0 bridgehead atoms. The van der Waals surface area contributed by atoms with Gasteiger partial charge in [-0.15, -0.1) is 0 Å². The van der Waals surface area contributed by atoms with E-state index in [1.54, 1.807) is 0 Å². The standard InChI is InChI=1S/C20H17BrO/c21-19-12-11-18(13-16-7-3-1-4-8-16)20(14-19)22-15-17-9-5-2-6-10-17/h1-12,14H,13,15H2. The molecule has 1 nitrogen and oxygen atoms in total. The number of rotatable bonds is 5. The summed E-state index contributed by atoms with van der Waals surface area (Å²) >= 11 is 3.53. The van der Waals surface area contributed by atoms with Crippen molar-refractivity contribution in [3.63, 3.8) is 0 Å². The molecule has 2 heteroatoms. The maximum Gasteiger partial charge on any atom is 0.124 e. The van der Waals surface area contributed by atoms with E-state index in [1.807, 2.05) is 30.3 Å². The van der Waals surface area contributed by atoms with Crippen LogP contribution in [0.15, 0.2) is 83.3 Å². The zero-order valence-electron chi connectivity index (χ0n) is 12.2. The molecule has 0 unspecified atom stereocenters. The highest BCUT2D eigenvalue weighted by atomic mass is 79.9. The SMILES string of the molecule is Brc1ccc(Cc2ccccc2)c(OCc2ccccc2)c1. The molecule has 0 fully saturated rings. The molecule has 0 amide bonds. The predicted octanol–water partition coefficient (Wildman–Crippen LogP) is 5.62. The van der Waals surface area contributed by atoms with Crippen molar-refractivity contribution in [3.8, 4) is 5.75 Å². The third-order valence-corrected chi connectivity index (χ3v) is 4.00. The van der Waals surface area contributed by atoms with Crippen molar-refractivity contribution in [1.29, 1.82) is 0 Å². The Hall–Kier alpha value is -2.06. The van der Waals surface area contributed by atoms with Crippen LogP contribution in [0.3, 0.4) is 0 Å². The average molecular weight is 353 g/mol. The molecule has 22 heavy (non-hydrogen) atoms. The highest BCUT2D eigenvalue weighted by Gasteiger charge is 2.06. The van der Waals surface area contributed by atoms with Gasteiger partial charge < -0.3 is 4.74 Å². The molecule has 0 atom stereocenters. The van der Waals surface area contributed by atoms with Gasteiger partial charge in [-0.25, -0.2) is 0 Å². The van der Waals surface area contributed by atoms with E-state index in [0.717, 1.165) is 16.6 Å². The first kappa shape index (κ1) is 14.9. The monoisotopic (exact) mass is 352 g/mol. The quantitative estimate of drug-likeness (QED) is 0.579. The molecule has 0 N–H and O–H groups in total. The zero-order chi connectivity index (χ0) is 15.2. The predicted molar refractivity (Wildman–Crippen MR) is 94.2 cm³/mol. The van der Waals surface area contributed by atoms with Crippen LogP contribution in [0.25, 0.3) is 0 Å². The molecule has 3 aromatic carbocycles. The van der Waals surface area contributed by atoms with Crippen LogP contribution in [0.5, 0.6) is 5.75 Å². The Labute approximate surface area is 139 Å². The minimum atomic E-state index is 0.582. The van der Waals surface area contributed by atoms with Crippen molar-refractivity contribution in [3.05, 3.63) is 100 Å². The van der Waals surface area contributed by atoms with Crippen LogP contribution < -0.4 is 4.74 Å². The van der Waals surface area contributed by atoms with Crippen molar-refractivity contribution >= 4 is 15.9 Å². The van der Waals surface area contributed by atoms with Crippen LogP contribution in [-0.4, -0.2) is 0 Å². The van der Waals surface area contributed by atoms with Crippen LogP contribution in [-0.2, 0) is 13.0 Å². The topological polar surface area (TPSA) is 9.23 Å². The summed E-state index contributed by atoms with van der Waals surface area (Å²) in [5.41, 5.74) is 3.66. The summed E-state index contributed by atoms with van der Waals surface area (Å²) in [6.45, 7) is 0.582. The first-order chi connectivity index (χ1) is 10.8. The summed E-state index contributed by atoms with van der Waals surface area (Å²) in [6.07, 6.45) is 0.873. The maximum atomic E-state index is 6.05. The smallest absolute Gasteiger partial charge is 0.124 e. The fourth-order valence-corrected chi connectivity index (χ4v) is 2.70. The molecule has 0 heterocycles. The van der Waals surface area contributed by atoms with Crippen LogP contribution >= 0.6 is 15.9 Å². The Morgan fingerprint density at radius 3 is 2.05 bits per heavy atom. The first-order valence-electron chi connectivity index (χ1n) is 7.30. The van der Waals surface area contributed by atoms with E-state index < -0.39 is 0 Å². The summed E-state index contributed by atoms with van der Waals surface area (Å²) < 4.78 is 7.08. The van der Waals surface area contributed by atoms with Crippen molar-refractivity contribution in [2.45, 2.75) is 13.0 Å². The molecule has 0 saturated heterocycles. The summed E-state index contributed by atoms with van der Waals surface area (Å²) in [7, 11) is 0. The minimum absolute atomic E-state index is 0.582. The van der Waals surface area contributed by atoms with Crippen LogP contribution in [0.4, 0.5) is 0 Å². The van der Waals surface area contributed by atoms with E-state index in [2.05, 4.69) is 64.5 Å². The molecule has 3 rings (SSSR count). The summed E-state index contributed by atoms with van der Waals surface area (Å²) in [4.78, 5) is 0. The minimum Gasteiger partial charge on any atom is -0.489 e. The van der Waals surface area contributed by atoms with Crippen LogP contribution in [0.1, 0.15) is 16.7 Å². The van der Waals surface area contributed by atoms with Crippen LogP contribution in [0, 0.1) is 0 Å². The van der Waals surface area contributed by atoms with Gasteiger partial charge in [-0.1, -0.05) is 82.7 Å². The highest BCUT2D eigenvalue weighted by Crippen LogP contribution is 2.27. The van der Waals surface area contributed by atoms with E-state index in [0.29, 0.717) is 6.61 Å². The van der Waals surface area contributed by atoms with Gasteiger partial charge in [0.05, 0.1) is 0 Å². The van der Waals surface area contributed by atoms with E-state index in [4.69, 9.17) is 4.74 Å². The summed E-state index contributed by atoms with van der Waals surface area (Å²) in [5, 5.41) is 0. The number of hydrogen-bond donors (Lipinski definition) is 0. The van der Waals surface area contributed by atoms with Gasteiger partial charge in [0.2, 0.25) is 0 Å². The van der Waals surface area contributed by atoms with Gasteiger partial charge in [0, 0.05) is 10.9 Å². The Bertz CT molecular complexity index is 723. The third kappa shape index (κ3) is 3.99. The molecule has 3 aromatic rings. The molecule has 0 aliphatic carbocycles. The molecule has 0 spiro atoms. The van der Waals surface area contributed by atoms with E-state index >= 15 is 0 Å². The second-order valence-corrected chi connectivity index (χ2v) is 6.10. The third-order valence-electron chi connectivity index (χ3n) is 3.50. The Kier molecular flexibility index (Phi) is 4.92. The number of hydrogen-bond acceptors (Lipinski definition) is 1. The number of benzene rings is 3. The summed E-state index contributed by atoms with van der Waals surface area (Å²) in [5.74, 6) is 0.932. The van der Waals surface area contributed by atoms with Gasteiger partial charge in [-0.05, 0) is 28.8 Å². The van der Waals surface area contributed by atoms with Gasteiger partial charge in [-0.2, -0.15) is 0 Å². The fourth-order valence-electron chi connectivity index (χ4n) is 2.36. The molecular formula is C20H17BrO. The lowest BCUT2D eigenvalue weighted by Gasteiger charge is -2.12. The molecule has 0 saturated carbocycles. The van der Waals surface area contributed by atoms with E-state index in [-0.39, 0.29) is 0 Å². The number of ether oxygens (including phenoxy) is 1. The zero-order valence-corrected chi connectivity index (χ0v) is 13.8. The van der Waals surface area contributed by atoms with Gasteiger partial charge in [0.1, 0.15) is 12.4 Å². The normalized spacial score (nSPS) is 10.4. The van der Waals surface area contributed by atoms with Crippen molar-refractivity contribution in [1.82, 2.24) is 0 Å². The second-order valence-electron chi connectivity index (χ2n) is 5.19. The molecular weight excluding hydrogens is 336 g/mol. The highest BCUT2D eigenvalue weighted by molar-refractivity contribution is 9.10. The number of halogens is 1. The Balaban J connectivity index is 1.79. The Morgan fingerprint density at radius 2 is 1.36 bits per heavy atom. The fraction of sp³-hybridized carbons (Fsp3) is 0.100. The van der Waals surface area contributed by atoms with Gasteiger partial charge >= 0.3 is 0 Å². The van der Waals surface area contributed by atoms with E-state index in [1.165, 1.54) is 16.7 Å². The molecule has 0 aromatic heterocycles. The molecule has 0 aliphatic heterocycles. The molecule has 110 valence electrons. The van der Waals surface area contributed by atoms with E-state index in [9.17, 15) is 0 Å². The molecule has 0 aliphatic rings. The summed E-state index contributed by atoms with van der Waals surface area (Å²) in [6, 6.07) is 26.9. The molecule has 0 radical (unpaired) electrons. The largest absolute Gasteiger partial charge is 0.489 e. The van der Waals surface area contributed by atoms with Crippen molar-refractivity contribution in [2.24, 2.45) is 0 Å². The van der Waals surface area contributed by atoms with Crippen molar-refractivity contribution in [2.75, 3.05) is 0 Å². The lowest BCUT2D eigenvalue weighted by Crippen LogP contribution is -1.99. The Morgan fingerprint density at radius 1 is 0.727 bits per heavy atom. The maximum absolute atomic E-state index is 6.05. The van der Waals surface area contributed by atoms with Gasteiger partial charge in [0.25, 0.3) is 0 Å². The van der Waals surface area contributed by atoms with Gasteiger partial charge in [-0.3, -0.25) is 0 Å². The first-order valence-corrected chi connectivity index (χ1v) is 8.09. The van der Waals surface area contributed by atoms with Crippen molar-refractivity contribution < 1.29 is 4.74 Å². The lowest BCUT2D eigenvalue weighted by molar-refractivity contribution is 0.303. The average Bonchev–Trinajstić information content (AvgIpc) is 2.57. The van der Waals surface area contributed by atoms with Crippen LogP contribution in [0.2, 0.25) is 0 Å².